The van der Waals surface area contributed by atoms with Gasteiger partial charge in [-0.3, -0.25) is 4.98 Å². The summed E-state index contributed by atoms with van der Waals surface area (Å²) in [7, 11) is 0. The summed E-state index contributed by atoms with van der Waals surface area (Å²) in [5.74, 6) is 2.38. The molecule has 2 heterocycles. The third-order valence-electron chi connectivity index (χ3n) is 1.97. The van der Waals surface area contributed by atoms with Gasteiger partial charge in [-0.25, -0.2) is 0 Å². The first kappa shape index (κ1) is 8.08. The van der Waals surface area contributed by atoms with E-state index in [2.05, 4.69) is 16.4 Å². The highest BCUT2D eigenvalue weighted by atomic mass is 32.2. The zero-order valence-electron chi connectivity index (χ0n) is 6.86. The molecule has 2 nitrogen and oxygen atoms in total. The molecular weight excluding hydrogens is 168 g/mol. The fourth-order valence-corrected chi connectivity index (χ4v) is 2.29. The van der Waals surface area contributed by atoms with Gasteiger partial charge >= 0.3 is 0 Å². The smallest absolute Gasteiger partial charge is 0.0587 e. The quantitative estimate of drug-likeness (QED) is 0.708. The van der Waals surface area contributed by atoms with Gasteiger partial charge in [0.2, 0.25) is 0 Å². The zero-order valence-corrected chi connectivity index (χ0v) is 7.68. The maximum atomic E-state index is 4.33. The van der Waals surface area contributed by atoms with E-state index < -0.39 is 0 Å². The summed E-state index contributed by atoms with van der Waals surface area (Å²) in [4.78, 5) is 4.33. The minimum absolute atomic E-state index is 0.463. The maximum Gasteiger partial charge on any atom is 0.0587 e. The zero-order chi connectivity index (χ0) is 8.23. The standard InChI is InChI=1S/C9H12N2S/c1-2-4-10-8(3-1)9-7-12-6-5-11-9/h1-4,9,11H,5-7H2. The second-order valence-electron chi connectivity index (χ2n) is 2.84. The first-order valence-corrected chi connectivity index (χ1v) is 5.34. The van der Waals surface area contributed by atoms with Gasteiger partial charge in [0, 0.05) is 24.2 Å². The fourth-order valence-electron chi connectivity index (χ4n) is 1.34. The van der Waals surface area contributed by atoms with E-state index in [0.717, 1.165) is 12.3 Å². The molecule has 3 heteroatoms. The first-order valence-electron chi connectivity index (χ1n) is 4.19. The largest absolute Gasteiger partial charge is 0.307 e. The molecule has 1 fully saturated rings. The van der Waals surface area contributed by atoms with Crippen LogP contribution in [0.25, 0.3) is 0 Å². The number of nitrogens with zero attached hydrogens (tertiary/aromatic N) is 1. The van der Waals surface area contributed by atoms with Crippen molar-refractivity contribution in [3.05, 3.63) is 30.1 Å². The lowest BCUT2D eigenvalue weighted by Gasteiger charge is -2.22. The van der Waals surface area contributed by atoms with E-state index in [1.165, 1.54) is 11.4 Å². The molecule has 12 heavy (non-hydrogen) atoms. The molecule has 1 aromatic rings. The van der Waals surface area contributed by atoms with Crippen LogP contribution in [0.5, 0.6) is 0 Å². The Morgan fingerprint density at radius 3 is 3.17 bits per heavy atom. The lowest BCUT2D eigenvalue weighted by Crippen LogP contribution is -2.30. The van der Waals surface area contributed by atoms with Crippen LogP contribution in [0.3, 0.4) is 0 Å². The number of thioether (sulfide) groups is 1. The van der Waals surface area contributed by atoms with E-state index in [-0.39, 0.29) is 0 Å². The minimum Gasteiger partial charge on any atom is -0.307 e. The van der Waals surface area contributed by atoms with Crippen LogP contribution in [-0.4, -0.2) is 23.0 Å². The molecule has 1 N–H and O–H groups in total. The molecule has 2 rings (SSSR count). The van der Waals surface area contributed by atoms with E-state index in [9.17, 15) is 0 Å². The van der Waals surface area contributed by atoms with Gasteiger partial charge in [-0.2, -0.15) is 11.8 Å². The van der Waals surface area contributed by atoms with Gasteiger partial charge in [0.25, 0.3) is 0 Å². The van der Waals surface area contributed by atoms with Crippen molar-refractivity contribution in [3.63, 3.8) is 0 Å². The average Bonchev–Trinajstić information content (AvgIpc) is 2.21. The molecule has 0 amide bonds. The van der Waals surface area contributed by atoms with Crippen LogP contribution in [-0.2, 0) is 0 Å². The molecule has 1 aliphatic rings. The Morgan fingerprint density at radius 1 is 1.50 bits per heavy atom. The first-order chi connectivity index (χ1) is 5.97. The summed E-state index contributed by atoms with van der Waals surface area (Å²) in [6.07, 6.45) is 1.86. The highest BCUT2D eigenvalue weighted by Gasteiger charge is 2.14. The van der Waals surface area contributed by atoms with Gasteiger partial charge in [-0.05, 0) is 12.1 Å². The van der Waals surface area contributed by atoms with Crippen LogP contribution in [0, 0.1) is 0 Å². The van der Waals surface area contributed by atoms with Crippen LogP contribution >= 0.6 is 11.8 Å². The van der Waals surface area contributed by atoms with Gasteiger partial charge < -0.3 is 5.32 Å². The Bertz CT molecular complexity index is 232. The molecule has 64 valence electrons. The van der Waals surface area contributed by atoms with E-state index in [1.807, 2.05) is 30.1 Å². The molecule has 0 spiro atoms. The number of hydrogen-bond acceptors (Lipinski definition) is 3. The Morgan fingerprint density at radius 2 is 2.50 bits per heavy atom. The van der Waals surface area contributed by atoms with Crippen LogP contribution in [0.2, 0.25) is 0 Å². The van der Waals surface area contributed by atoms with Crippen molar-refractivity contribution in [1.29, 1.82) is 0 Å². The topological polar surface area (TPSA) is 24.9 Å². The number of rotatable bonds is 1. The second kappa shape index (κ2) is 3.92. The molecule has 0 bridgehead atoms. The van der Waals surface area contributed by atoms with Gasteiger partial charge in [-0.15, -0.1) is 0 Å². The Hall–Kier alpha value is -0.540. The number of nitrogens with one attached hydrogen (secondary N) is 1. The van der Waals surface area contributed by atoms with Crippen LogP contribution in [0.15, 0.2) is 24.4 Å². The molecule has 0 radical (unpaired) electrons. The third kappa shape index (κ3) is 1.79. The van der Waals surface area contributed by atoms with Crippen molar-refractivity contribution in [2.24, 2.45) is 0 Å². The third-order valence-corrected chi connectivity index (χ3v) is 3.03. The lowest BCUT2D eigenvalue weighted by molar-refractivity contribution is 0.581. The molecule has 1 unspecified atom stereocenters. The van der Waals surface area contributed by atoms with Crippen LogP contribution in [0.4, 0.5) is 0 Å². The van der Waals surface area contributed by atoms with Crippen molar-refractivity contribution < 1.29 is 0 Å². The van der Waals surface area contributed by atoms with Gasteiger partial charge in [0.15, 0.2) is 0 Å². The summed E-state index contributed by atoms with van der Waals surface area (Å²) in [5.41, 5.74) is 1.17. The van der Waals surface area contributed by atoms with Crippen molar-refractivity contribution >= 4 is 11.8 Å². The maximum absolute atomic E-state index is 4.33. The second-order valence-corrected chi connectivity index (χ2v) is 3.99. The van der Waals surface area contributed by atoms with Gasteiger partial charge in [0.1, 0.15) is 0 Å². The van der Waals surface area contributed by atoms with E-state index in [1.54, 1.807) is 0 Å². The summed E-state index contributed by atoms with van der Waals surface area (Å²) >= 11 is 2.00. The van der Waals surface area contributed by atoms with Gasteiger partial charge in [0.05, 0.1) is 11.7 Å². The monoisotopic (exact) mass is 180 g/mol. The Balaban J connectivity index is 2.08. The highest BCUT2D eigenvalue weighted by Crippen LogP contribution is 2.19. The Kier molecular flexibility index (Phi) is 2.64. The number of aromatic nitrogens is 1. The molecule has 0 aromatic carbocycles. The molecule has 1 aromatic heterocycles. The molecule has 1 atom stereocenters. The molecule has 1 aliphatic heterocycles. The van der Waals surface area contributed by atoms with Crippen molar-refractivity contribution in [2.75, 3.05) is 18.1 Å². The SMILES string of the molecule is c1ccc(C2CSCCN2)nc1. The van der Waals surface area contributed by atoms with E-state index in [0.29, 0.717) is 6.04 Å². The predicted octanol–water partition coefficient (Wildman–Crippen LogP) is 1.46. The number of pyridine rings is 1. The minimum atomic E-state index is 0.463. The molecular formula is C9H12N2S. The van der Waals surface area contributed by atoms with Gasteiger partial charge in [-0.1, -0.05) is 6.07 Å². The van der Waals surface area contributed by atoms with Crippen molar-refractivity contribution in [1.82, 2.24) is 10.3 Å². The van der Waals surface area contributed by atoms with Crippen molar-refractivity contribution in [3.8, 4) is 0 Å². The highest BCUT2D eigenvalue weighted by molar-refractivity contribution is 7.99. The Labute approximate surface area is 76.8 Å². The molecule has 1 saturated heterocycles. The van der Waals surface area contributed by atoms with E-state index >= 15 is 0 Å². The molecule has 0 saturated carbocycles. The number of hydrogen-bond donors (Lipinski definition) is 1. The normalized spacial score (nSPS) is 23.8. The predicted molar refractivity (Wildman–Crippen MR) is 52.3 cm³/mol. The molecule has 0 aliphatic carbocycles. The van der Waals surface area contributed by atoms with Crippen molar-refractivity contribution in [2.45, 2.75) is 6.04 Å². The fraction of sp³-hybridized carbons (Fsp3) is 0.444. The summed E-state index contributed by atoms with van der Waals surface area (Å²) < 4.78 is 0. The summed E-state index contributed by atoms with van der Waals surface area (Å²) in [5, 5.41) is 3.45. The summed E-state index contributed by atoms with van der Waals surface area (Å²) in [6, 6.07) is 6.55. The van der Waals surface area contributed by atoms with Crippen LogP contribution in [0.1, 0.15) is 11.7 Å². The lowest BCUT2D eigenvalue weighted by atomic mass is 10.2. The van der Waals surface area contributed by atoms with Crippen LogP contribution < -0.4 is 5.32 Å². The van der Waals surface area contributed by atoms with E-state index in [4.69, 9.17) is 0 Å². The summed E-state index contributed by atoms with van der Waals surface area (Å²) in [6.45, 7) is 1.10. The average molecular weight is 180 g/mol.